The molecule has 0 spiro atoms. The molecular weight excluding hydrogens is 278 g/mol. The maximum atomic E-state index is 11.9. The summed E-state index contributed by atoms with van der Waals surface area (Å²) >= 11 is 5.69. The van der Waals surface area contributed by atoms with Crippen LogP contribution in [0.2, 0.25) is 5.02 Å². The smallest absolute Gasteiger partial charge is 0.277 e. The van der Waals surface area contributed by atoms with Gasteiger partial charge in [0.05, 0.1) is 4.90 Å². The fourth-order valence-electron chi connectivity index (χ4n) is 1.23. The summed E-state index contributed by atoms with van der Waals surface area (Å²) in [5.74, 6) is 0.283. The van der Waals surface area contributed by atoms with Gasteiger partial charge in [0.1, 0.15) is 0 Å². The Morgan fingerprint density at radius 3 is 2.56 bits per heavy atom. The Morgan fingerprint density at radius 1 is 1.33 bits per heavy atom. The van der Waals surface area contributed by atoms with Crippen molar-refractivity contribution >= 4 is 27.6 Å². The van der Waals surface area contributed by atoms with Crippen LogP contribution in [0.5, 0.6) is 0 Å². The number of anilines is 1. The minimum atomic E-state index is -3.72. The lowest BCUT2D eigenvalue weighted by Gasteiger charge is -2.03. The van der Waals surface area contributed by atoms with Gasteiger partial charge in [0.15, 0.2) is 0 Å². The van der Waals surface area contributed by atoms with Crippen molar-refractivity contribution in [3.63, 3.8) is 0 Å². The number of aryl methyl sites for hydroxylation is 1. The molecule has 18 heavy (non-hydrogen) atoms. The molecule has 1 heterocycles. The maximum absolute atomic E-state index is 11.9. The molecule has 0 aliphatic rings. The van der Waals surface area contributed by atoms with Crippen LogP contribution in [0.4, 0.5) is 5.95 Å². The van der Waals surface area contributed by atoms with E-state index >= 15 is 0 Å². The molecule has 2 rings (SSSR count). The number of hydrogen-bond donors (Lipinski definition) is 1. The van der Waals surface area contributed by atoms with Crippen LogP contribution in [0.1, 0.15) is 12.8 Å². The van der Waals surface area contributed by atoms with Crippen LogP contribution in [0.3, 0.4) is 0 Å². The summed E-state index contributed by atoms with van der Waals surface area (Å²) in [6, 6.07) is 5.77. The average molecular weight is 288 g/mol. The molecule has 8 heteroatoms. The summed E-state index contributed by atoms with van der Waals surface area (Å²) in [5.41, 5.74) is 0. The van der Waals surface area contributed by atoms with Crippen LogP contribution in [0, 0.1) is 0 Å². The fraction of sp³-hybridized carbons (Fsp3) is 0.200. The molecule has 96 valence electrons. The summed E-state index contributed by atoms with van der Waals surface area (Å²) in [5, 5.41) is 3.97. The minimum absolute atomic E-state index is 0.0785. The standard InChI is InChI=1S/C10H10ClN3O3S/c1-2-9-12-10(13-17-9)14-18(15,16)8-5-3-7(11)4-6-8/h3-6H,2H2,1H3,(H,13,14). The van der Waals surface area contributed by atoms with E-state index < -0.39 is 10.0 Å². The molecule has 0 atom stereocenters. The molecule has 0 amide bonds. The summed E-state index contributed by atoms with van der Waals surface area (Å²) in [4.78, 5) is 3.94. The van der Waals surface area contributed by atoms with Gasteiger partial charge in [-0.05, 0) is 29.4 Å². The van der Waals surface area contributed by atoms with Crippen molar-refractivity contribution in [1.29, 1.82) is 0 Å². The number of benzene rings is 1. The van der Waals surface area contributed by atoms with Gasteiger partial charge >= 0.3 is 0 Å². The zero-order chi connectivity index (χ0) is 13.2. The number of aromatic nitrogens is 2. The highest BCUT2D eigenvalue weighted by Gasteiger charge is 2.17. The number of nitrogens with zero attached hydrogens (tertiary/aromatic N) is 2. The van der Waals surface area contributed by atoms with E-state index in [-0.39, 0.29) is 10.8 Å². The molecule has 0 bridgehead atoms. The van der Waals surface area contributed by atoms with Crippen LogP contribution >= 0.6 is 11.6 Å². The molecule has 1 aromatic carbocycles. The lowest BCUT2D eigenvalue weighted by atomic mass is 10.4. The largest absolute Gasteiger partial charge is 0.337 e. The van der Waals surface area contributed by atoms with E-state index in [0.717, 1.165) is 0 Å². The predicted octanol–water partition coefficient (Wildman–Crippen LogP) is 2.09. The van der Waals surface area contributed by atoms with E-state index in [1.807, 2.05) is 6.92 Å². The Balaban J connectivity index is 2.24. The third-order valence-electron chi connectivity index (χ3n) is 2.12. The number of halogens is 1. The van der Waals surface area contributed by atoms with Crippen molar-refractivity contribution < 1.29 is 12.9 Å². The lowest BCUT2D eigenvalue weighted by molar-refractivity contribution is 0.383. The SMILES string of the molecule is CCc1nc(NS(=O)(=O)c2ccc(Cl)cc2)no1. The second kappa shape index (κ2) is 4.95. The summed E-state index contributed by atoms with van der Waals surface area (Å²) < 4.78 is 30.9. The fourth-order valence-corrected chi connectivity index (χ4v) is 2.29. The normalized spacial score (nSPS) is 11.4. The summed E-state index contributed by atoms with van der Waals surface area (Å²) in [7, 11) is -3.72. The van der Waals surface area contributed by atoms with Crippen molar-refractivity contribution in [1.82, 2.24) is 10.1 Å². The molecule has 0 saturated heterocycles. The van der Waals surface area contributed by atoms with Crippen LogP contribution in [-0.2, 0) is 16.4 Å². The molecule has 1 aromatic heterocycles. The highest BCUT2D eigenvalue weighted by atomic mass is 35.5. The topological polar surface area (TPSA) is 85.1 Å². The third kappa shape index (κ3) is 2.80. The van der Waals surface area contributed by atoms with Gasteiger partial charge in [-0.25, -0.2) is 13.1 Å². The van der Waals surface area contributed by atoms with E-state index in [1.54, 1.807) is 0 Å². The molecule has 6 nitrogen and oxygen atoms in total. The summed E-state index contributed by atoms with van der Waals surface area (Å²) in [6.45, 7) is 1.82. The molecule has 0 saturated carbocycles. The first kappa shape index (κ1) is 12.8. The number of nitrogens with one attached hydrogen (secondary N) is 1. The van der Waals surface area contributed by atoms with E-state index in [9.17, 15) is 8.42 Å². The second-order valence-corrected chi connectivity index (χ2v) is 5.54. The van der Waals surface area contributed by atoms with Gasteiger partial charge < -0.3 is 4.52 Å². The van der Waals surface area contributed by atoms with Crippen LogP contribution in [-0.4, -0.2) is 18.6 Å². The Hall–Kier alpha value is -1.60. The van der Waals surface area contributed by atoms with Crippen molar-refractivity contribution in [2.24, 2.45) is 0 Å². The van der Waals surface area contributed by atoms with Crippen molar-refractivity contribution in [2.45, 2.75) is 18.2 Å². The number of rotatable bonds is 4. The first-order valence-corrected chi connectivity index (χ1v) is 6.98. The molecular formula is C10H10ClN3O3S. The minimum Gasteiger partial charge on any atom is -0.337 e. The quantitative estimate of drug-likeness (QED) is 0.930. The molecule has 0 radical (unpaired) electrons. The lowest BCUT2D eigenvalue weighted by Crippen LogP contribution is -2.13. The zero-order valence-electron chi connectivity index (χ0n) is 9.42. The maximum Gasteiger partial charge on any atom is 0.277 e. The van der Waals surface area contributed by atoms with Crippen LogP contribution in [0.25, 0.3) is 0 Å². The number of hydrogen-bond acceptors (Lipinski definition) is 5. The molecule has 0 aliphatic heterocycles. The van der Waals surface area contributed by atoms with Crippen LogP contribution in [0.15, 0.2) is 33.7 Å². The van der Waals surface area contributed by atoms with E-state index in [1.165, 1.54) is 24.3 Å². The Labute approximate surface area is 109 Å². The molecule has 2 aromatic rings. The van der Waals surface area contributed by atoms with Crippen molar-refractivity contribution in [3.05, 3.63) is 35.2 Å². The van der Waals surface area contributed by atoms with E-state index in [2.05, 4.69) is 14.9 Å². The second-order valence-electron chi connectivity index (χ2n) is 3.42. The van der Waals surface area contributed by atoms with E-state index in [0.29, 0.717) is 17.3 Å². The third-order valence-corrected chi connectivity index (χ3v) is 3.72. The van der Waals surface area contributed by atoms with Gasteiger partial charge in [-0.2, -0.15) is 4.98 Å². The number of sulfonamides is 1. The first-order chi connectivity index (χ1) is 8.51. The van der Waals surface area contributed by atoms with Crippen LogP contribution < -0.4 is 4.72 Å². The Morgan fingerprint density at radius 2 is 2.00 bits per heavy atom. The van der Waals surface area contributed by atoms with Gasteiger partial charge in [-0.15, -0.1) is 0 Å². The van der Waals surface area contributed by atoms with Crippen molar-refractivity contribution in [3.8, 4) is 0 Å². The summed E-state index contributed by atoms with van der Waals surface area (Å²) in [6.07, 6.45) is 0.537. The molecule has 1 N–H and O–H groups in total. The molecule has 0 fully saturated rings. The van der Waals surface area contributed by atoms with Gasteiger partial charge in [-0.1, -0.05) is 18.5 Å². The highest BCUT2D eigenvalue weighted by Crippen LogP contribution is 2.16. The van der Waals surface area contributed by atoms with E-state index in [4.69, 9.17) is 16.1 Å². The Bertz CT molecular complexity index is 637. The van der Waals surface area contributed by atoms with Crippen molar-refractivity contribution in [2.75, 3.05) is 4.72 Å². The molecule has 0 unspecified atom stereocenters. The monoisotopic (exact) mass is 287 g/mol. The average Bonchev–Trinajstić information content (AvgIpc) is 2.76. The predicted molar refractivity (Wildman–Crippen MR) is 65.9 cm³/mol. The highest BCUT2D eigenvalue weighted by molar-refractivity contribution is 7.92. The van der Waals surface area contributed by atoms with Gasteiger partial charge in [0.2, 0.25) is 5.89 Å². The molecule has 0 aliphatic carbocycles. The zero-order valence-corrected chi connectivity index (χ0v) is 11.0. The first-order valence-electron chi connectivity index (χ1n) is 5.12. The van der Waals surface area contributed by atoms with Gasteiger partial charge in [-0.3, -0.25) is 0 Å². The Kier molecular flexibility index (Phi) is 3.53. The van der Waals surface area contributed by atoms with Gasteiger partial charge in [0.25, 0.3) is 16.0 Å². The van der Waals surface area contributed by atoms with Gasteiger partial charge in [0, 0.05) is 11.4 Å².